The lowest BCUT2D eigenvalue weighted by molar-refractivity contribution is -0.103. The van der Waals surface area contributed by atoms with Gasteiger partial charge in [-0.25, -0.2) is 4.79 Å². The number of hydrogen-bond acceptors (Lipinski definition) is 4. The van der Waals surface area contributed by atoms with Crippen LogP contribution in [0.5, 0.6) is 5.75 Å². The molecule has 1 aromatic carbocycles. The number of β-amino-alcohol motifs (C(OH)–C–C–N with tert-alkyl or cyclic N) is 1. The smallest absolute Gasteiger partial charge is 0.410 e. The van der Waals surface area contributed by atoms with Crippen molar-refractivity contribution in [3.63, 3.8) is 0 Å². The summed E-state index contributed by atoms with van der Waals surface area (Å²) in [7, 11) is 0. The Balaban J connectivity index is 1.58. The lowest BCUT2D eigenvalue weighted by Gasteiger charge is -2.46. The van der Waals surface area contributed by atoms with Gasteiger partial charge in [0.25, 0.3) is 0 Å². The molecule has 120 valence electrons. The summed E-state index contributed by atoms with van der Waals surface area (Å²) in [5, 5.41) is 10.6. The van der Waals surface area contributed by atoms with E-state index in [2.05, 4.69) is 0 Å². The standard InChI is InChI=1S/C17H23NO4/c1-16(2,3)22-15(19)18-10-17(20,11-18)12-4-6-13(7-5-12)21-14-8-9-14/h4-7,14,20H,8-11H2,1-3H3. The summed E-state index contributed by atoms with van der Waals surface area (Å²) in [6.45, 7) is 6.00. The molecule has 5 heteroatoms. The van der Waals surface area contributed by atoms with Gasteiger partial charge in [0.05, 0.1) is 19.2 Å². The molecule has 1 N–H and O–H groups in total. The number of likely N-dealkylation sites (tertiary alicyclic amines) is 1. The van der Waals surface area contributed by atoms with Crippen LogP contribution < -0.4 is 4.74 Å². The van der Waals surface area contributed by atoms with Gasteiger partial charge in [-0.15, -0.1) is 0 Å². The van der Waals surface area contributed by atoms with Gasteiger partial charge in [-0.3, -0.25) is 0 Å². The maximum atomic E-state index is 11.9. The van der Waals surface area contributed by atoms with Crippen LogP contribution in [0.25, 0.3) is 0 Å². The van der Waals surface area contributed by atoms with Crippen molar-refractivity contribution in [3.8, 4) is 5.75 Å². The van der Waals surface area contributed by atoms with Crippen LogP contribution in [0.4, 0.5) is 4.79 Å². The molecule has 0 atom stereocenters. The van der Waals surface area contributed by atoms with Gasteiger partial charge in [-0.05, 0) is 51.3 Å². The lowest BCUT2D eigenvalue weighted by Crippen LogP contribution is -2.61. The van der Waals surface area contributed by atoms with Crippen LogP contribution in [0.3, 0.4) is 0 Å². The van der Waals surface area contributed by atoms with Crippen LogP contribution in [-0.4, -0.2) is 40.9 Å². The molecule has 1 amide bonds. The van der Waals surface area contributed by atoms with Crippen molar-refractivity contribution >= 4 is 6.09 Å². The van der Waals surface area contributed by atoms with Crippen molar-refractivity contribution in [1.29, 1.82) is 0 Å². The van der Waals surface area contributed by atoms with E-state index in [0.717, 1.165) is 24.2 Å². The van der Waals surface area contributed by atoms with Gasteiger partial charge in [0.2, 0.25) is 0 Å². The number of amides is 1. The fourth-order valence-corrected chi connectivity index (χ4v) is 2.45. The number of carbonyl (C=O) groups is 1. The van der Waals surface area contributed by atoms with Crippen LogP contribution in [0.2, 0.25) is 0 Å². The Morgan fingerprint density at radius 2 is 1.82 bits per heavy atom. The molecule has 1 aliphatic heterocycles. The number of benzene rings is 1. The second kappa shape index (κ2) is 5.16. The second-order valence-electron chi connectivity index (χ2n) is 7.21. The van der Waals surface area contributed by atoms with E-state index < -0.39 is 11.2 Å². The zero-order chi connectivity index (χ0) is 16.0. The zero-order valence-electron chi connectivity index (χ0n) is 13.3. The molecule has 1 saturated heterocycles. The highest BCUT2D eigenvalue weighted by Crippen LogP contribution is 2.34. The van der Waals surface area contributed by atoms with Gasteiger partial charge in [0, 0.05) is 0 Å². The Morgan fingerprint density at radius 3 is 2.32 bits per heavy atom. The van der Waals surface area contributed by atoms with E-state index in [-0.39, 0.29) is 19.2 Å². The van der Waals surface area contributed by atoms with Crippen molar-refractivity contribution in [1.82, 2.24) is 4.90 Å². The normalized spacial score (nSPS) is 20.3. The SMILES string of the molecule is CC(C)(C)OC(=O)N1CC(O)(c2ccc(OC3CC3)cc2)C1. The van der Waals surface area contributed by atoms with Crippen molar-refractivity contribution in [2.45, 2.75) is 50.9 Å². The third-order valence-corrected chi connectivity index (χ3v) is 3.78. The van der Waals surface area contributed by atoms with E-state index in [1.54, 1.807) is 0 Å². The van der Waals surface area contributed by atoms with E-state index in [9.17, 15) is 9.90 Å². The van der Waals surface area contributed by atoms with Crippen LogP contribution in [0.1, 0.15) is 39.2 Å². The molecular weight excluding hydrogens is 282 g/mol. The Kier molecular flexibility index (Phi) is 3.56. The van der Waals surface area contributed by atoms with Gasteiger partial charge in [0.1, 0.15) is 17.0 Å². The molecule has 3 rings (SSSR count). The summed E-state index contributed by atoms with van der Waals surface area (Å²) in [4.78, 5) is 13.4. The van der Waals surface area contributed by atoms with E-state index in [4.69, 9.17) is 9.47 Å². The summed E-state index contributed by atoms with van der Waals surface area (Å²) in [5.74, 6) is 0.832. The number of ether oxygens (including phenoxy) is 2. The molecule has 0 bridgehead atoms. The quantitative estimate of drug-likeness (QED) is 0.932. The van der Waals surface area contributed by atoms with E-state index >= 15 is 0 Å². The topological polar surface area (TPSA) is 59.0 Å². The first-order chi connectivity index (χ1) is 10.3. The number of aliphatic hydroxyl groups is 1. The molecule has 1 saturated carbocycles. The van der Waals surface area contributed by atoms with Gasteiger partial charge in [-0.2, -0.15) is 0 Å². The van der Waals surface area contributed by atoms with Crippen molar-refractivity contribution in [3.05, 3.63) is 29.8 Å². The van der Waals surface area contributed by atoms with Crippen molar-refractivity contribution < 1.29 is 19.4 Å². The molecule has 2 aliphatic rings. The minimum Gasteiger partial charge on any atom is -0.490 e. The summed E-state index contributed by atoms with van der Waals surface area (Å²) >= 11 is 0. The first-order valence-corrected chi connectivity index (χ1v) is 7.73. The molecule has 1 aliphatic carbocycles. The summed E-state index contributed by atoms with van der Waals surface area (Å²) in [6, 6.07) is 7.48. The Bertz CT molecular complexity index is 551. The first-order valence-electron chi connectivity index (χ1n) is 7.73. The van der Waals surface area contributed by atoms with Crippen LogP contribution in [0, 0.1) is 0 Å². The Labute approximate surface area is 130 Å². The summed E-state index contributed by atoms with van der Waals surface area (Å²) in [6.07, 6.45) is 2.22. The number of hydrogen-bond donors (Lipinski definition) is 1. The van der Waals surface area contributed by atoms with Gasteiger partial charge in [-0.1, -0.05) is 12.1 Å². The molecule has 0 spiro atoms. The van der Waals surface area contributed by atoms with Crippen LogP contribution in [-0.2, 0) is 10.3 Å². The molecular formula is C17H23NO4. The first kappa shape index (κ1) is 15.2. The fourth-order valence-electron chi connectivity index (χ4n) is 2.45. The molecule has 0 unspecified atom stereocenters. The fraction of sp³-hybridized carbons (Fsp3) is 0.588. The molecule has 22 heavy (non-hydrogen) atoms. The molecule has 1 heterocycles. The maximum Gasteiger partial charge on any atom is 0.410 e. The van der Waals surface area contributed by atoms with Gasteiger partial charge >= 0.3 is 6.09 Å². The zero-order valence-corrected chi connectivity index (χ0v) is 13.3. The molecule has 5 nitrogen and oxygen atoms in total. The average molecular weight is 305 g/mol. The van der Waals surface area contributed by atoms with Crippen LogP contribution >= 0.6 is 0 Å². The van der Waals surface area contributed by atoms with Crippen molar-refractivity contribution in [2.75, 3.05) is 13.1 Å². The number of rotatable bonds is 3. The highest BCUT2D eigenvalue weighted by atomic mass is 16.6. The minimum atomic E-state index is -0.991. The monoisotopic (exact) mass is 305 g/mol. The maximum absolute atomic E-state index is 11.9. The van der Waals surface area contributed by atoms with E-state index in [0.29, 0.717) is 6.10 Å². The number of carbonyl (C=O) groups excluding carboxylic acids is 1. The summed E-state index contributed by atoms with van der Waals surface area (Å²) in [5.41, 5.74) is -0.711. The second-order valence-corrected chi connectivity index (χ2v) is 7.21. The minimum absolute atomic E-state index is 0.255. The third kappa shape index (κ3) is 3.35. The highest BCUT2D eigenvalue weighted by Gasteiger charge is 2.46. The largest absolute Gasteiger partial charge is 0.490 e. The van der Waals surface area contributed by atoms with Gasteiger partial charge in [0.15, 0.2) is 0 Å². The predicted octanol–water partition coefficient (Wildman–Crippen LogP) is 2.67. The van der Waals surface area contributed by atoms with Crippen LogP contribution in [0.15, 0.2) is 24.3 Å². The number of nitrogens with zero attached hydrogens (tertiary/aromatic N) is 1. The van der Waals surface area contributed by atoms with E-state index in [1.807, 2.05) is 45.0 Å². The van der Waals surface area contributed by atoms with E-state index in [1.165, 1.54) is 4.90 Å². The predicted molar refractivity (Wildman–Crippen MR) is 81.8 cm³/mol. The average Bonchev–Trinajstić information content (AvgIpc) is 3.17. The van der Waals surface area contributed by atoms with Gasteiger partial charge < -0.3 is 19.5 Å². The molecule has 1 aromatic rings. The Morgan fingerprint density at radius 1 is 1.23 bits per heavy atom. The third-order valence-electron chi connectivity index (χ3n) is 3.78. The molecule has 2 fully saturated rings. The molecule has 0 radical (unpaired) electrons. The summed E-state index contributed by atoms with van der Waals surface area (Å²) < 4.78 is 11.0. The molecule has 0 aromatic heterocycles. The highest BCUT2D eigenvalue weighted by molar-refractivity contribution is 5.70. The van der Waals surface area contributed by atoms with Crippen molar-refractivity contribution in [2.24, 2.45) is 0 Å². The lowest BCUT2D eigenvalue weighted by atomic mass is 9.86. The Hall–Kier alpha value is -1.75.